The Morgan fingerprint density at radius 2 is 2.00 bits per heavy atom. The number of aliphatic hydroxyl groups excluding tert-OH is 1. The third kappa shape index (κ3) is 2.15. The summed E-state index contributed by atoms with van der Waals surface area (Å²) in [6, 6.07) is 8.40. The maximum absolute atomic E-state index is 9.29. The summed E-state index contributed by atoms with van der Waals surface area (Å²) in [4.78, 5) is 2.26. The third-order valence-corrected chi connectivity index (χ3v) is 3.39. The fourth-order valence-electron chi connectivity index (χ4n) is 2.12. The Bertz CT molecular complexity index is 344. The van der Waals surface area contributed by atoms with Crippen molar-refractivity contribution in [1.82, 2.24) is 0 Å². The van der Waals surface area contributed by atoms with Crippen LogP contribution >= 0.6 is 0 Å². The van der Waals surface area contributed by atoms with Gasteiger partial charge in [0.05, 0.1) is 6.61 Å². The Hall–Kier alpha value is -1.02. The van der Waals surface area contributed by atoms with Crippen molar-refractivity contribution in [2.75, 3.05) is 25.1 Å². The van der Waals surface area contributed by atoms with E-state index in [0.717, 1.165) is 6.54 Å². The van der Waals surface area contributed by atoms with Gasteiger partial charge in [-0.3, -0.25) is 0 Å². The van der Waals surface area contributed by atoms with Crippen LogP contribution in [-0.2, 0) is 0 Å². The van der Waals surface area contributed by atoms with Crippen molar-refractivity contribution in [3.8, 4) is 0 Å². The number of benzene rings is 1. The second-order valence-electron chi connectivity index (χ2n) is 4.80. The Labute approximate surface area is 91.5 Å². The Kier molecular flexibility index (Phi) is 2.70. The molecule has 1 saturated carbocycles. The fraction of sp³-hybridized carbons (Fsp3) is 0.538. The van der Waals surface area contributed by atoms with Crippen molar-refractivity contribution >= 4 is 5.69 Å². The highest BCUT2D eigenvalue weighted by molar-refractivity contribution is 5.52. The zero-order chi connectivity index (χ0) is 10.9. The first-order valence-corrected chi connectivity index (χ1v) is 5.54. The molecule has 1 aliphatic rings. The van der Waals surface area contributed by atoms with Crippen LogP contribution in [0.4, 0.5) is 5.69 Å². The van der Waals surface area contributed by atoms with Gasteiger partial charge in [-0.05, 0) is 31.4 Å². The van der Waals surface area contributed by atoms with E-state index in [-0.39, 0.29) is 5.41 Å². The lowest BCUT2D eigenvalue weighted by atomic mass is 10.1. The Balaban J connectivity index is 2.08. The first kappa shape index (κ1) is 10.5. The average molecular weight is 205 g/mol. The molecule has 0 unspecified atom stereocenters. The first-order chi connectivity index (χ1) is 7.17. The lowest BCUT2D eigenvalue weighted by Crippen LogP contribution is -2.29. The summed E-state index contributed by atoms with van der Waals surface area (Å²) in [5.74, 6) is 0. The zero-order valence-corrected chi connectivity index (χ0v) is 9.53. The number of aliphatic hydroxyl groups is 1. The molecular weight excluding hydrogens is 186 g/mol. The smallest absolute Gasteiger partial charge is 0.0504 e. The standard InChI is InChI=1S/C13H19NO/c1-11-5-3-4-6-12(11)14(2)9-13(10-15)7-8-13/h3-6,15H,7-10H2,1-2H3. The summed E-state index contributed by atoms with van der Waals surface area (Å²) in [6.45, 7) is 3.42. The van der Waals surface area contributed by atoms with Crippen LogP contribution in [0.1, 0.15) is 18.4 Å². The summed E-state index contributed by atoms with van der Waals surface area (Å²) >= 11 is 0. The molecule has 2 heteroatoms. The highest BCUT2D eigenvalue weighted by Gasteiger charge is 2.42. The van der Waals surface area contributed by atoms with Gasteiger partial charge in [0.15, 0.2) is 0 Å². The highest BCUT2D eigenvalue weighted by Crippen LogP contribution is 2.46. The fourth-order valence-corrected chi connectivity index (χ4v) is 2.12. The van der Waals surface area contributed by atoms with Gasteiger partial charge in [0, 0.05) is 24.7 Å². The van der Waals surface area contributed by atoms with Gasteiger partial charge in [-0.25, -0.2) is 0 Å². The topological polar surface area (TPSA) is 23.5 Å². The maximum atomic E-state index is 9.29. The molecule has 0 aliphatic heterocycles. The van der Waals surface area contributed by atoms with Crippen LogP contribution in [0.5, 0.6) is 0 Å². The monoisotopic (exact) mass is 205 g/mol. The molecule has 82 valence electrons. The normalized spacial score (nSPS) is 17.5. The summed E-state index contributed by atoms with van der Waals surface area (Å²) in [7, 11) is 2.11. The maximum Gasteiger partial charge on any atom is 0.0504 e. The molecule has 15 heavy (non-hydrogen) atoms. The zero-order valence-electron chi connectivity index (χ0n) is 9.53. The summed E-state index contributed by atoms with van der Waals surface area (Å²) < 4.78 is 0. The van der Waals surface area contributed by atoms with Crippen LogP contribution in [0.15, 0.2) is 24.3 Å². The van der Waals surface area contributed by atoms with Crippen molar-refractivity contribution in [3.05, 3.63) is 29.8 Å². The minimum atomic E-state index is 0.191. The molecule has 0 amide bonds. The van der Waals surface area contributed by atoms with Crippen LogP contribution in [-0.4, -0.2) is 25.3 Å². The van der Waals surface area contributed by atoms with Crippen LogP contribution in [0.25, 0.3) is 0 Å². The van der Waals surface area contributed by atoms with Crippen molar-refractivity contribution in [3.63, 3.8) is 0 Å². The number of nitrogens with zero attached hydrogens (tertiary/aromatic N) is 1. The second-order valence-corrected chi connectivity index (χ2v) is 4.80. The molecule has 1 aliphatic carbocycles. The molecule has 0 atom stereocenters. The molecule has 1 aromatic carbocycles. The number of aryl methyl sites for hydroxylation is 1. The predicted molar refractivity (Wildman–Crippen MR) is 63.2 cm³/mol. The van der Waals surface area contributed by atoms with Gasteiger partial charge in [-0.1, -0.05) is 18.2 Å². The number of anilines is 1. The van der Waals surface area contributed by atoms with E-state index in [1.807, 2.05) is 0 Å². The Morgan fingerprint density at radius 3 is 2.53 bits per heavy atom. The van der Waals surface area contributed by atoms with E-state index >= 15 is 0 Å². The second kappa shape index (κ2) is 3.86. The van der Waals surface area contributed by atoms with Crippen LogP contribution in [0.3, 0.4) is 0 Å². The predicted octanol–water partition coefficient (Wildman–Crippen LogP) is 2.20. The number of hydrogen-bond acceptors (Lipinski definition) is 2. The molecule has 2 rings (SSSR count). The minimum absolute atomic E-state index is 0.191. The van der Waals surface area contributed by atoms with Gasteiger partial charge in [0.2, 0.25) is 0 Å². The van der Waals surface area contributed by atoms with Gasteiger partial charge in [0.25, 0.3) is 0 Å². The van der Waals surface area contributed by atoms with Gasteiger partial charge in [0.1, 0.15) is 0 Å². The first-order valence-electron chi connectivity index (χ1n) is 5.54. The quantitative estimate of drug-likeness (QED) is 0.814. The van der Waals surface area contributed by atoms with Crippen molar-refractivity contribution in [1.29, 1.82) is 0 Å². The van der Waals surface area contributed by atoms with E-state index in [2.05, 4.69) is 43.1 Å². The van der Waals surface area contributed by atoms with Gasteiger partial charge >= 0.3 is 0 Å². The van der Waals surface area contributed by atoms with E-state index in [0.29, 0.717) is 6.61 Å². The van der Waals surface area contributed by atoms with Gasteiger partial charge < -0.3 is 10.0 Å². The van der Waals surface area contributed by atoms with Crippen molar-refractivity contribution < 1.29 is 5.11 Å². The average Bonchev–Trinajstić information content (AvgIpc) is 2.99. The molecule has 0 saturated heterocycles. The number of hydrogen-bond donors (Lipinski definition) is 1. The third-order valence-electron chi connectivity index (χ3n) is 3.39. The van der Waals surface area contributed by atoms with E-state index in [1.54, 1.807) is 0 Å². The van der Waals surface area contributed by atoms with E-state index < -0.39 is 0 Å². The summed E-state index contributed by atoms with van der Waals surface area (Å²) in [5.41, 5.74) is 2.77. The molecule has 1 N–H and O–H groups in total. The molecule has 1 aromatic rings. The number of rotatable bonds is 4. The molecule has 1 fully saturated rings. The van der Waals surface area contributed by atoms with Crippen LogP contribution in [0, 0.1) is 12.3 Å². The Morgan fingerprint density at radius 1 is 1.33 bits per heavy atom. The molecular formula is C13H19NO. The summed E-state index contributed by atoms with van der Waals surface area (Å²) in [6.07, 6.45) is 2.33. The van der Waals surface area contributed by atoms with Gasteiger partial charge in [-0.2, -0.15) is 0 Å². The lowest BCUT2D eigenvalue weighted by molar-refractivity contribution is 0.215. The number of para-hydroxylation sites is 1. The molecule has 0 aromatic heterocycles. The largest absolute Gasteiger partial charge is 0.396 e. The molecule has 0 heterocycles. The van der Waals surface area contributed by atoms with Crippen molar-refractivity contribution in [2.45, 2.75) is 19.8 Å². The van der Waals surface area contributed by atoms with Crippen molar-refractivity contribution in [2.24, 2.45) is 5.41 Å². The molecule has 0 radical (unpaired) electrons. The highest BCUT2D eigenvalue weighted by atomic mass is 16.3. The van der Waals surface area contributed by atoms with E-state index in [9.17, 15) is 5.11 Å². The van der Waals surface area contributed by atoms with E-state index in [1.165, 1.54) is 24.1 Å². The van der Waals surface area contributed by atoms with Crippen LogP contribution < -0.4 is 4.90 Å². The minimum Gasteiger partial charge on any atom is -0.396 e. The lowest BCUT2D eigenvalue weighted by Gasteiger charge is -2.25. The molecule has 0 bridgehead atoms. The molecule has 0 spiro atoms. The summed E-state index contributed by atoms with van der Waals surface area (Å²) in [5, 5.41) is 9.29. The van der Waals surface area contributed by atoms with E-state index in [4.69, 9.17) is 0 Å². The van der Waals surface area contributed by atoms with Crippen LogP contribution in [0.2, 0.25) is 0 Å². The van der Waals surface area contributed by atoms with Gasteiger partial charge in [-0.15, -0.1) is 0 Å². The SMILES string of the molecule is Cc1ccccc1N(C)CC1(CO)CC1. The molecule has 2 nitrogen and oxygen atoms in total.